The van der Waals surface area contributed by atoms with E-state index >= 15 is 0 Å². The van der Waals surface area contributed by atoms with Gasteiger partial charge in [-0.2, -0.15) is 0 Å². The number of hydrogen-bond donors (Lipinski definition) is 1. The molecule has 1 saturated heterocycles. The van der Waals surface area contributed by atoms with Crippen LogP contribution in [0.4, 0.5) is 8.78 Å². The molecule has 1 saturated carbocycles. The second-order valence-corrected chi connectivity index (χ2v) is 12.4. The third-order valence-corrected chi connectivity index (χ3v) is 9.65. The summed E-state index contributed by atoms with van der Waals surface area (Å²) >= 11 is 0. The number of nitrogens with zero attached hydrogens (tertiary/aromatic N) is 3. The van der Waals surface area contributed by atoms with Gasteiger partial charge in [0.1, 0.15) is 17.2 Å². The van der Waals surface area contributed by atoms with Crippen LogP contribution in [-0.2, 0) is 20.9 Å². The van der Waals surface area contributed by atoms with Gasteiger partial charge >= 0.3 is 5.97 Å². The lowest BCUT2D eigenvalue weighted by atomic mass is 9.85. The van der Waals surface area contributed by atoms with Gasteiger partial charge in [0.05, 0.1) is 19.6 Å². The zero-order valence-electron chi connectivity index (χ0n) is 25.3. The first kappa shape index (κ1) is 30.7. The van der Waals surface area contributed by atoms with Crippen molar-refractivity contribution < 1.29 is 37.5 Å². The van der Waals surface area contributed by atoms with Crippen LogP contribution in [0.15, 0.2) is 34.3 Å². The number of pyridine rings is 1. The average molecular weight is 627 g/mol. The molecule has 13 heteroatoms. The standard InChI is InChI=1S/C32H36F2N4O7/c1-18-11-12-32(14-25(43-2)36-45-32)24-17-37(18)31(42)27-29(44-26(39)10-7-19-5-3-4-6-19)28(40)22(16-38(24)27)30(41)35-15-20-8-9-21(33)13-23(20)34/h8-9,13,16,18-19,24H,3-7,10-12,14-15,17H2,1-2H3,(H,35,41)/t18-,24+,32-/m0/s1. The summed E-state index contributed by atoms with van der Waals surface area (Å²) < 4.78 is 40.3. The van der Waals surface area contributed by atoms with Crippen molar-refractivity contribution in [3.05, 3.63) is 63.1 Å². The third kappa shape index (κ3) is 5.80. The summed E-state index contributed by atoms with van der Waals surface area (Å²) in [6.45, 7) is 1.76. The Morgan fingerprint density at radius 3 is 2.67 bits per heavy atom. The molecule has 4 aliphatic rings. The molecule has 3 atom stereocenters. The van der Waals surface area contributed by atoms with Crippen molar-refractivity contribution in [2.45, 2.75) is 88.9 Å². The smallest absolute Gasteiger partial charge is 0.311 e. The number of ether oxygens (including phenoxy) is 2. The minimum atomic E-state index is -0.965. The number of methoxy groups -OCH3 is 1. The Hall–Kier alpha value is -4.29. The molecule has 1 N–H and O–H groups in total. The van der Waals surface area contributed by atoms with Crippen molar-refractivity contribution in [3.63, 3.8) is 0 Å². The third-order valence-electron chi connectivity index (χ3n) is 9.65. The van der Waals surface area contributed by atoms with E-state index in [4.69, 9.17) is 14.3 Å². The number of esters is 1. The van der Waals surface area contributed by atoms with Crippen LogP contribution in [-0.4, -0.2) is 58.4 Å². The normalized spacial score (nSPS) is 24.1. The van der Waals surface area contributed by atoms with Crippen LogP contribution in [0.2, 0.25) is 0 Å². The zero-order chi connectivity index (χ0) is 31.9. The van der Waals surface area contributed by atoms with Crippen LogP contribution in [0.3, 0.4) is 0 Å². The van der Waals surface area contributed by atoms with Gasteiger partial charge in [0, 0.05) is 43.4 Å². The zero-order valence-corrected chi connectivity index (χ0v) is 25.3. The van der Waals surface area contributed by atoms with Crippen LogP contribution < -0.4 is 15.5 Å². The van der Waals surface area contributed by atoms with Crippen molar-refractivity contribution in [2.75, 3.05) is 13.7 Å². The molecule has 2 amide bonds. The van der Waals surface area contributed by atoms with Crippen LogP contribution in [0.1, 0.15) is 97.2 Å². The van der Waals surface area contributed by atoms with E-state index in [0.29, 0.717) is 37.1 Å². The summed E-state index contributed by atoms with van der Waals surface area (Å²) in [7, 11) is 1.48. The van der Waals surface area contributed by atoms with Crippen LogP contribution in [0.5, 0.6) is 5.75 Å². The number of rotatable bonds is 7. The monoisotopic (exact) mass is 626 g/mol. The predicted molar refractivity (Wildman–Crippen MR) is 157 cm³/mol. The molecule has 1 aromatic heterocycles. The van der Waals surface area contributed by atoms with E-state index in [9.17, 15) is 28.0 Å². The summed E-state index contributed by atoms with van der Waals surface area (Å²) in [5, 5.41) is 6.62. The van der Waals surface area contributed by atoms with Gasteiger partial charge in [0.2, 0.25) is 17.1 Å². The Bertz CT molecular complexity index is 1620. The number of nitrogens with one attached hydrogen (secondary N) is 1. The first-order valence-corrected chi connectivity index (χ1v) is 15.4. The van der Waals surface area contributed by atoms with Crippen molar-refractivity contribution in [1.82, 2.24) is 14.8 Å². The molecule has 4 heterocycles. The molecule has 240 valence electrons. The molecular formula is C32H36F2N4O7. The topological polar surface area (TPSA) is 129 Å². The fraction of sp³-hybridized carbons (Fsp3) is 0.531. The number of carbonyl (C=O) groups excluding carboxylic acids is 3. The van der Waals surface area contributed by atoms with Gasteiger partial charge < -0.3 is 29.1 Å². The number of amides is 2. The second kappa shape index (κ2) is 12.2. The number of fused-ring (bicyclic) bond motifs is 5. The van der Waals surface area contributed by atoms with Gasteiger partial charge in [-0.1, -0.05) is 36.9 Å². The Labute approximate surface area is 258 Å². The molecule has 0 unspecified atom stereocenters. The van der Waals surface area contributed by atoms with Gasteiger partial charge in [0.25, 0.3) is 11.8 Å². The lowest BCUT2D eigenvalue weighted by molar-refractivity contribution is -0.134. The van der Waals surface area contributed by atoms with Gasteiger partial charge in [0.15, 0.2) is 11.3 Å². The van der Waals surface area contributed by atoms with Gasteiger partial charge in [-0.3, -0.25) is 19.2 Å². The van der Waals surface area contributed by atoms with Gasteiger partial charge in [-0.15, -0.1) is 0 Å². The number of oxime groups is 1. The maximum absolute atomic E-state index is 14.3. The number of benzene rings is 1. The molecular weight excluding hydrogens is 590 g/mol. The average Bonchev–Trinajstić information content (AvgIpc) is 3.68. The highest BCUT2D eigenvalue weighted by Gasteiger charge is 2.55. The summed E-state index contributed by atoms with van der Waals surface area (Å²) in [5.41, 5.74) is -2.45. The fourth-order valence-corrected chi connectivity index (χ4v) is 6.99. The van der Waals surface area contributed by atoms with Gasteiger partial charge in [-0.05, 0) is 38.2 Å². The molecule has 2 fully saturated rings. The molecule has 2 aromatic rings. The first-order chi connectivity index (χ1) is 21.6. The Morgan fingerprint density at radius 1 is 1.18 bits per heavy atom. The number of carbonyl (C=O) groups is 3. The quantitative estimate of drug-likeness (QED) is 0.456. The Kier molecular flexibility index (Phi) is 8.36. The maximum atomic E-state index is 14.3. The lowest BCUT2D eigenvalue weighted by Crippen LogP contribution is -2.52. The van der Waals surface area contributed by atoms with E-state index in [1.807, 2.05) is 6.92 Å². The summed E-state index contributed by atoms with van der Waals surface area (Å²) in [6.07, 6.45) is 7.54. The van der Waals surface area contributed by atoms with Crippen molar-refractivity contribution in [3.8, 4) is 5.75 Å². The SMILES string of the molecule is COC1=NO[C@@]2(CC[C@H](C)N3C[C@H]2n2cc(C(=O)NCc4ccc(F)cc4F)c(=O)c(OC(=O)CCC4CCCC4)c2C3=O)C1. The molecule has 1 aliphatic carbocycles. The Balaban J connectivity index is 1.40. The summed E-state index contributed by atoms with van der Waals surface area (Å²) in [4.78, 5) is 62.2. The van der Waals surface area contributed by atoms with Crippen molar-refractivity contribution in [2.24, 2.45) is 11.1 Å². The molecule has 1 spiro atoms. The molecule has 1 aromatic carbocycles. The van der Waals surface area contributed by atoms with E-state index in [2.05, 4.69) is 10.5 Å². The predicted octanol–water partition coefficient (Wildman–Crippen LogP) is 4.23. The molecule has 0 radical (unpaired) electrons. The molecule has 45 heavy (non-hydrogen) atoms. The largest absolute Gasteiger partial charge is 0.482 e. The lowest BCUT2D eigenvalue weighted by Gasteiger charge is -2.41. The van der Waals surface area contributed by atoms with Gasteiger partial charge in [-0.25, -0.2) is 8.78 Å². The number of hydrogen-bond acceptors (Lipinski definition) is 8. The van der Waals surface area contributed by atoms with E-state index in [-0.39, 0.29) is 43.2 Å². The van der Waals surface area contributed by atoms with Crippen molar-refractivity contribution >= 4 is 23.7 Å². The highest BCUT2D eigenvalue weighted by molar-refractivity contribution is 6.00. The summed E-state index contributed by atoms with van der Waals surface area (Å²) in [5.74, 6) is -3.45. The molecule has 3 aliphatic heterocycles. The highest BCUT2D eigenvalue weighted by atomic mass is 19.1. The van der Waals surface area contributed by atoms with Crippen LogP contribution in [0, 0.1) is 17.6 Å². The van der Waals surface area contributed by atoms with E-state index in [1.165, 1.54) is 23.9 Å². The number of halogens is 2. The highest BCUT2D eigenvalue weighted by Crippen LogP contribution is 2.46. The maximum Gasteiger partial charge on any atom is 0.311 e. The number of aromatic nitrogens is 1. The fourth-order valence-electron chi connectivity index (χ4n) is 6.99. The van der Waals surface area contributed by atoms with Crippen molar-refractivity contribution in [1.29, 1.82) is 0 Å². The second-order valence-electron chi connectivity index (χ2n) is 12.4. The molecule has 11 nitrogen and oxygen atoms in total. The Morgan fingerprint density at radius 2 is 1.96 bits per heavy atom. The van der Waals surface area contributed by atoms with Crippen LogP contribution >= 0.6 is 0 Å². The minimum Gasteiger partial charge on any atom is -0.482 e. The van der Waals surface area contributed by atoms with E-state index < -0.39 is 57.8 Å². The van der Waals surface area contributed by atoms with Crippen LogP contribution in [0.25, 0.3) is 0 Å². The van der Waals surface area contributed by atoms with E-state index in [1.54, 1.807) is 4.90 Å². The molecule has 6 rings (SSSR count). The molecule has 2 bridgehead atoms. The minimum absolute atomic E-state index is 0.00695. The van der Waals surface area contributed by atoms with E-state index in [0.717, 1.165) is 31.7 Å². The summed E-state index contributed by atoms with van der Waals surface area (Å²) in [6, 6.07) is 2.10. The first-order valence-electron chi connectivity index (χ1n) is 15.4.